The Kier molecular flexibility index (Phi) is 13.6. The Morgan fingerprint density at radius 2 is 1.87 bits per heavy atom. The van der Waals surface area contributed by atoms with Crippen LogP contribution in [0.5, 0.6) is 0 Å². The molecule has 2 rings (SSSR count). The van der Waals surface area contributed by atoms with Crippen LogP contribution in [0.1, 0.15) is 45.6 Å². The fraction of sp³-hybridized carbons (Fsp3) is 0.560. The number of hydrogen-bond donors (Lipinski definition) is 6. The summed E-state index contributed by atoms with van der Waals surface area (Å²) in [6, 6.07) is 3.80. The highest BCUT2D eigenvalue weighted by atomic mass is 79.9. The van der Waals surface area contributed by atoms with Gasteiger partial charge in [-0.15, -0.1) is 0 Å². The van der Waals surface area contributed by atoms with Crippen molar-refractivity contribution in [3.63, 3.8) is 0 Å². The summed E-state index contributed by atoms with van der Waals surface area (Å²) in [7, 11) is -4.49. The molecule has 0 radical (unpaired) electrons. The summed E-state index contributed by atoms with van der Waals surface area (Å²) in [5.74, 6) is -1.41. The molecule has 0 saturated heterocycles. The molecule has 39 heavy (non-hydrogen) atoms. The van der Waals surface area contributed by atoms with Crippen LogP contribution in [0, 0.1) is 5.92 Å². The third-order valence-electron chi connectivity index (χ3n) is 6.13. The molecule has 14 heteroatoms. The number of aromatic nitrogens is 1. The summed E-state index contributed by atoms with van der Waals surface area (Å²) in [5.41, 5.74) is 7.38. The van der Waals surface area contributed by atoms with Gasteiger partial charge in [0.05, 0.1) is 19.6 Å². The van der Waals surface area contributed by atoms with Gasteiger partial charge in [0.25, 0.3) is 0 Å². The van der Waals surface area contributed by atoms with Crippen LogP contribution < -0.4 is 21.7 Å². The van der Waals surface area contributed by atoms with Crippen LogP contribution in [0.15, 0.2) is 28.9 Å². The first-order chi connectivity index (χ1) is 18.5. The lowest BCUT2D eigenvalue weighted by Gasteiger charge is -2.23. The van der Waals surface area contributed by atoms with Crippen molar-refractivity contribution in [2.75, 3.05) is 26.3 Å². The number of nitrogens with two attached hydrogens (primary N) is 1. The van der Waals surface area contributed by atoms with Crippen LogP contribution >= 0.6 is 23.8 Å². The SMILES string of the molecule is CCCCNC(=O)C(N)COP(=O)(O)OCCNC(=O)[C@@H](NC(=O)Cc1c[nH]c2ccc(Br)cc12)[C@@H](C)CC. The summed E-state index contributed by atoms with van der Waals surface area (Å²) in [6.45, 7) is 5.25. The second-order valence-corrected chi connectivity index (χ2v) is 11.6. The molecule has 0 bridgehead atoms. The first kappa shape index (κ1) is 32.9. The van der Waals surface area contributed by atoms with Crippen molar-refractivity contribution < 1.29 is 32.9 Å². The number of carbonyl (C=O) groups is 3. The standard InChI is InChI=1S/C25H39BrN5O7P/c1-4-6-9-28-24(33)20(27)15-38-39(35,36)37-11-10-29-25(34)23(16(3)5-2)31-22(32)12-17-14-30-21-8-7-18(26)13-19(17)21/h7-8,13-14,16,20,23,30H,4-6,9-12,15,27H2,1-3H3,(H,28,33)(H,29,34)(H,31,32)(H,35,36)/t16-,20?,23-/m0/s1. The number of carbonyl (C=O) groups excluding carboxylic acids is 3. The van der Waals surface area contributed by atoms with Gasteiger partial charge in [0.2, 0.25) is 17.7 Å². The van der Waals surface area contributed by atoms with E-state index in [1.54, 1.807) is 6.20 Å². The molecule has 1 aromatic heterocycles. The van der Waals surface area contributed by atoms with E-state index >= 15 is 0 Å². The lowest BCUT2D eigenvalue weighted by atomic mass is 9.98. The number of phosphoric acid groups is 1. The van der Waals surface area contributed by atoms with E-state index in [1.165, 1.54) is 0 Å². The Bertz CT molecular complexity index is 1160. The molecule has 2 unspecified atom stereocenters. The zero-order valence-electron chi connectivity index (χ0n) is 22.5. The van der Waals surface area contributed by atoms with Crippen molar-refractivity contribution >= 4 is 52.4 Å². The Morgan fingerprint density at radius 3 is 2.56 bits per heavy atom. The number of H-pyrrole nitrogens is 1. The lowest BCUT2D eigenvalue weighted by Crippen LogP contribution is -2.51. The highest BCUT2D eigenvalue weighted by Gasteiger charge is 2.27. The van der Waals surface area contributed by atoms with E-state index in [4.69, 9.17) is 14.8 Å². The average Bonchev–Trinajstić information content (AvgIpc) is 3.29. The second kappa shape index (κ2) is 16.1. The van der Waals surface area contributed by atoms with Gasteiger partial charge in [-0.05, 0) is 36.1 Å². The van der Waals surface area contributed by atoms with Crippen LogP contribution in [-0.2, 0) is 34.4 Å². The van der Waals surface area contributed by atoms with Gasteiger partial charge >= 0.3 is 7.82 Å². The third kappa shape index (κ3) is 11.0. The summed E-state index contributed by atoms with van der Waals surface area (Å²) >= 11 is 3.44. The zero-order valence-corrected chi connectivity index (χ0v) is 25.0. The van der Waals surface area contributed by atoms with Crippen molar-refractivity contribution in [2.24, 2.45) is 11.7 Å². The molecule has 3 amide bonds. The van der Waals surface area contributed by atoms with Crippen molar-refractivity contribution in [1.29, 1.82) is 0 Å². The van der Waals surface area contributed by atoms with E-state index in [2.05, 4.69) is 36.9 Å². The van der Waals surface area contributed by atoms with Gasteiger partial charge in [-0.1, -0.05) is 49.5 Å². The molecule has 7 N–H and O–H groups in total. The van der Waals surface area contributed by atoms with Gasteiger partial charge in [0.1, 0.15) is 12.1 Å². The average molecular weight is 632 g/mol. The predicted molar refractivity (Wildman–Crippen MR) is 152 cm³/mol. The Labute approximate surface area is 236 Å². The van der Waals surface area contributed by atoms with Crippen molar-refractivity contribution in [1.82, 2.24) is 20.9 Å². The molecule has 4 atom stereocenters. The molecule has 12 nitrogen and oxygen atoms in total. The monoisotopic (exact) mass is 631 g/mol. The minimum atomic E-state index is -4.49. The van der Waals surface area contributed by atoms with Gasteiger partial charge in [0, 0.05) is 34.7 Å². The Morgan fingerprint density at radius 1 is 1.15 bits per heavy atom. The number of phosphoric ester groups is 1. The maximum Gasteiger partial charge on any atom is 0.472 e. The first-order valence-corrected chi connectivity index (χ1v) is 15.2. The number of benzene rings is 1. The summed E-state index contributed by atoms with van der Waals surface area (Å²) in [4.78, 5) is 50.5. The third-order valence-corrected chi connectivity index (χ3v) is 7.61. The molecule has 0 aliphatic carbocycles. The van der Waals surface area contributed by atoms with E-state index in [0.717, 1.165) is 33.8 Å². The van der Waals surface area contributed by atoms with E-state index in [-0.39, 0.29) is 31.4 Å². The fourth-order valence-corrected chi connectivity index (χ4v) is 4.75. The molecule has 0 aliphatic rings. The van der Waals surface area contributed by atoms with Crippen LogP contribution in [0.3, 0.4) is 0 Å². The number of aromatic amines is 1. The number of rotatable bonds is 17. The van der Waals surface area contributed by atoms with Crippen molar-refractivity contribution in [2.45, 2.75) is 58.5 Å². The van der Waals surface area contributed by atoms with Crippen LogP contribution in [0.4, 0.5) is 0 Å². The van der Waals surface area contributed by atoms with Crippen molar-refractivity contribution in [3.05, 3.63) is 34.4 Å². The number of hydrogen-bond acceptors (Lipinski definition) is 7. The van der Waals surface area contributed by atoms with E-state index < -0.39 is 38.3 Å². The molecule has 1 aromatic carbocycles. The second-order valence-electron chi connectivity index (χ2n) is 9.25. The highest BCUT2D eigenvalue weighted by molar-refractivity contribution is 9.10. The van der Waals surface area contributed by atoms with Gasteiger partial charge in [-0.2, -0.15) is 0 Å². The molecule has 0 aliphatic heterocycles. The molecule has 0 spiro atoms. The van der Waals surface area contributed by atoms with Crippen molar-refractivity contribution in [3.8, 4) is 0 Å². The normalized spacial score (nSPS) is 15.2. The number of halogens is 1. The lowest BCUT2D eigenvalue weighted by molar-refractivity contribution is -0.130. The summed E-state index contributed by atoms with van der Waals surface area (Å²) in [5, 5.41) is 8.94. The molecule has 218 valence electrons. The number of amides is 3. The van der Waals surface area contributed by atoms with Crippen LogP contribution in [0.2, 0.25) is 0 Å². The molecule has 2 aromatic rings. The molecular weight excluding hydrogens is 593 g/mol. The predicted octanol–water partition coefficient (Wildman–Crippen LogP) is 2.50. The van der Waals surface area contributed by atoms with E-state index in [9.17, 15) is 23.8 Å². The number of fused-ring (bicyclic) bond motifs is 1. The first-order valence-electron chi connectivity index (χ1n) is 12.9. The largest absolute Gasteiger partial charge is 0.472 e. The molecule has 0 fully saturated rings. The molecular formula is C25H39BrN5O7P. The summed E-state index contributed by atoms with van der Waals surface area (Å²) in [6.07, 6.45) is 4.18. The van der Waals surface area contributed by atoms with Crippen LogP contribution in [0.25, 0.3) is 10.9 Å². The van der Waals surface area contributed by atoms with Gasteiger partial charge in [0.15, 0.2) is 0 Å². The minimum Gasteiger partial charge on any atom is -0.361 e. The van der Waals surface area contributed by atoms with Crippen LogP contribution in [-0.4, -0.2) is 66.0 Å². The van der Waals surface area contributed by atoms with E-state index in [0.29, 0.717) is 13.0 Å². The number of unbranched alkanes of at least 4 members (excludes halogenated alkanes) is 1. The zero-order chi connectivity index (χ0) is 29.0. The minimum absolute atomic E-state index is 0.0869. The van der Waals surface area contributed by atoms with Gasteiger partial charge < -0.3 is 31.6 Å². The maximum absolute atomic E-state index is 12.8. The maximum atomic E-state index is 12.8. The smallest absolute Gasteiger partial charge is 0.361 e. The number of nitrogens with one attached hydrogen (secondary N) is 4. The topological polar surface area (TPSA) is 185 Å². The summed E-state index contributed by atoms with van der Waals surface area (Å²) < 4.78 is 22.7. The van der Waals surface area contributed by atoms with Gasteiger partial charge in [-0.25, -0.2) is 4.57 Å². The quantitative estimate of drug-likeness (QED) is 0.114. The van der Waals surface area contributed by atoms with Gasteiger partial charge in [-0.3, -0.25) is 23.4 Å². The highest BCUT2D eigenvalue weighted by Crippen LogP contribution is 2.42. The Hall–Kier alpha value is -2.28. The van der Waals surface area contributed by atoms with E-state index in [1.807, 2.05) is 39.0 Å². The molecule has 1 heterocycles. The Balaban J connectivity index is 1.82. The fourth-order valence-electron chi connectivity index (χ4n) is 3.65. The molecule has 0 saturated carbocycles.